The highest BCUT2D eigenvalue weighted by molar-refractivity contribution is 7.86. The zero-order chi connectivity index (χ0) is 20.4. The summed E-state index contributed by atoms with van der Waals surface area (Å²) in [6.45, 7) is 2.21. The minimum atomic E-state index is -4.38. The van der Waals surface area contributed by atoms with Gasteiger partial charge in [-0.05, 0) is 48.7 Å². The highest BCUT2D eigenvalue weighted by Gasteiger charge is 2.17. The van der Waals surface area contributed by atoms with Crippen LogP contribution in [-0.2, 0) is 16.5 Å². The number of ether oxygens (including phenoxy) is 1. The highest BCUT2D eigenvalue weighted by atomic mass is 32.2. The molecule has 0 spiro atoms. The molecule has 2 rings (SSSR count). The molecule has 28 heavy (non-hydrogen) atoms. The molecule has 2 N–H and O–H groups in total. The average molecular weight is 407 g/mol. The molecule has 0 aliphatic heterocycles. The minimum absolute atomic E-state index is 0.0628. The lowest BCUT2D eigenvalue weighted by molar-refractivity contribution is 0.440. The van der Waals surface area contributed by atoms with Crippen molar-refractivity contribution >= 4 is 10.1 Å². The maximum atomic E-state index is 11.6. The quantitative estimate of drug-likeness (QED) is 0.328. The van der Waals surface area contributed by atoms with Gasteiger partial charge in [-0.3, -0.25) is 4.55 Å². The Morgan fingerprint density at radius 2 is 1.50 bits per heavy atom. The number of para-hydroxylation sites is 1. The number of aromatic hydroxyl groups is 1. The maximum absolute atomic E-state index is 11.6. The summed E-state index contributed by atoms with van der Waals surface area (Å²) in [5, 5.41) is 9.82. The van der Waals surface area contributed by atoms with Crippen molar-refractivity contribution in [1.29, 1.82) is 0 Å². The first-order valence-corrected chi connectivity index (χ1v) is 11.4. The lowest BCUT2D eigenvalue weighted by Gasteiger charge is -2.13. The van der Waals surface area contributed by atoms with Crippen LogP contribution in [-0.4, -0.2) is 18.1 Å². The normalized spacial score (nSPS) is 11.5. The van der Waals surface area contributed by atoms with Crippen LogP contribution in [0.5, 0.6) is 17.2 Å². The Kier molecular flexibility index (Phi) is 8.80. The van der Waals surface area contributed by atoms with E-state index in [2.05, 4.69) is 6.92 Å². The van der Waals surface area contributed by atoms with Gasteiger partial charge in [0.2, 0.25) is 0 Å². The van der Waals surface area contributed by atoms with Crippen LogP contribution in [0, 0.1) is 0 Å². The van der Waals surface area contributed by atoms with Gasteiger partial charge in [-0.15, -0.1) is 0 Å². The van der Waals surface area contributed by atoms with Crippen LogP contribution in [0.15, 0.2) is 47.4 Å². The first kappa shape index (κ1) is 22.2. The molecule has 0 fully saturated rings. The number of benzene rings is 2. The second-order valence-electron chi connectivity index (χ2n) is 7.04. The van der Waals surface area contributed by atoms with Crippen molar-refractivity contribution in [2.45, 2.75) is 69.6 Å². The lowest BCUT2D eigenvalue weighted by atomic mass is 10.0. The topological polar surface area (TPSA) is 83.8 Å². The molecule has 0 bridgehead atoms. The second-order valence-corrected chi connectivity index (χ2v) is 8.43. The van der Waals surface area contributed by atoms with E-state index in [1.54, 1.807) is 18.2 Å². The number of unbranched alkanes of at least 4 members (excludes halogenated alkanes) is 7. The Hall–Kier alpha value is -2.05. The van der Waals surface area contributed by atoms with E-state index >= 15 is 0 Å². The van der Waals surface area contributed by atoms with Crippen LogP contribution in [0.1, 0.15) is 63.9 Å². The summed E-state index contributed by atoms with van der Waals surface area (Å²) in [4.78, 5) is -0.277. The molecule has 0 atom stereocenters. The van der Waals surface area contributed by atoms with E-state index in [4.69, 9.17) is 4.74 Å². The summed E-state index contributed by atoms with van der Waals surface area (Å²) in [5.74, 6) is 0.690. The average Bonchev–Trinajstić information content (AvgIpc) is 2.65. The smallest absolute Gasteiger partial charge is 0.298 e. The van der Waals surface area contributed by atoms with E-state index in [9.17, 15) is 18.1 Å². The first-order chi connectivity index (χ1) is 13.4. The van der Waals surface area contributed by atoms with Crippen LogP contribution < -0.4 is 4.74 Å². The Bertz CT molecular complexity index is 846. The highest BCUT2D eigenvalue weighted by Crippen LogP contribution is 2.33. The first-order valence-electron chi connectivity index (χ1n) is 9.98. The molecule has 0 amide bonds. The van der Waals surface area contributed by atoms with Gasteiger partial charge in [0.1, 0.15) is 22.1 Å². The Balaban J connectivity index is 2.00. The summed E-state index contributed by atoms with van der Waals surface area (Å²) in [5.41, 5.74) is 0.816. The van der Waals surface area contributed by atoms with Crippen molar-refractivity contribution < 1.29 is 22.8 Å². The molecule has 0 saturated carbocycles. The van der Waals surface area contributed by atoms with Gasteiger partial charge < -0.3 is 9.84 Å². The van der Waals surface area contributed by atoms with Crippen molar-refractivity contribution in [2.75, 3.05) is 0 Å². The van der Waals surface area contributed by atoms with Gasteiger partial charge in [0.05, 0.1) is 0 Å². The third-order valence-corrected chi connectivity index (χ3v) is 5.58. The van der Waals surface area contributed by atoms with Crippen LogP contribution in [0.3, 0.4) is 0 Å². The zero-order valence-electron chi connectivity index (χ0n) is 16.4. The summed E-state index contributed by atoms with van der Waals surface area (Å²) in [7, 11) is -4.38. The third kappa shape index (κ3) is 7.17. The zero-order valence-corrected chi connectivity index (χ0v) is 17.2. The third-order valence-electron chi connectivity index (χ3n) is 4.69. The van der Waals surface area contributed by atoms with E-state index in [-0.39, 0.29) is 16.4 Å². The fourth-order valence-electron chi connectivity index (χ4n) is 3.18. The Morgan fingerprint density at radius 3 is 2.18 bits per heavy atom. The van der Waals surface area contributed by atoms with Crippen molar-refractivity contribution in [3.05, 3.63) is 48.0 Å². The molecule has 0 unspecified atom stereocenters. The van der Waals surface area contributed by atoms with E-state index in [1.807, 2.05) is 0 Å². The Morgan fingerprint density at radius 1 is 0.857 bits per heavy atom. The predicted octanol–water partition coefficient (Wildman–Crippen LogP) is 6.11. The molecule has 154 valence electrons. The van der Waals surface area contributed by atoms with Gasteiger partial charge in [0, 0.05) is 0 Å². The number of rotatable bonds is 12. The van der Waals surface area contributed by atoms with Gasteiger partial charge in [0.15, 0.2) is 0 Å². The SMILES string of the molecule is CCCCCCCCCCc1cc(O)ccc1Oc1ccccc1S(=O)(=O)O. The van der Waals surface area contributed by atoms with Crippen LogP contribution in [0.2, 0.25) is 0 Å². The fraction of sp³-hybridized carbons (Fsp3) is 0.455. The largest absolute Gasteiger partial charge is 0.508 e. The summed E-state index contributed by atoms with van der Waals surface area (Å²) >= 11 is 0. The van der Waals surface area contributed by atoms with Crippen LogP contribution in [0.4, 0.5) is 0 Å². The van der Waals surface area contributed by atoms with E-state index < -0.39 is 10.1 Å². The summed E-state index contributed by atoms with van der Waals surface area (Å²) in [6, 6.07) is 10.7. The molecule has 2 aromatic rings. The van der Waals surface area contributed by atoms with E-state index in [1.165, 1.54) is 62.8 Å². The fourth-order valence-corrected chi connectivity index (χ4v) is 3.79. The number of aryl methyl sites for hydroxylation is 1. The molecule has 0 aromatic heterocycles. The number of hydrogen-bond acceptors (Lipinski definition) is 4. The van der Waals surface area contributed by atoms with Crippen LogP contribution >= 0.6 is 0 Å². The summed E-state index contributed by atoms with van der Waals surface area (Å²) in [6.07, 6.45) is 10.4. The second kappa shape index (κ2) is 11.1. The molecule has 0 heterocycles. The number of phenols is 1. The Labute approximate surface area is 168 Å². The number of phenolic OH excluding ortho intramolecular Hbond substituents is 1. The molecular formula is C22H30O5S. The minimum Gasteiger partial charge on any atom is -0.508 e. The molecule has 0 aliphatic carbocycles. The molecule has 6 heteroatoms. The molecule has 0 aliphatic rings. The van der Waals surface area contributed by atoms with Crippen LogP contribution in [0.25, 0.3) is 0 Å². The molecule has 5 nitrogen and oxygen atoms in total. The van der Waals surface area contributed by atoms with Crippen molar-refractivity contribution in [2.24, 2.45) is 0 Å². The van der Waals surface area contributed by atoms with Gasteiger partial charge in [-0.2, -0.15) is 8.42 Å². The molecule has 0 radical (unpaired) electrons. The number of hydrogen-bond donors (Lipinski definition) is 2. The van der Waals surface area contributed by atoms with Gasteiger partial charge in [0.25, 0.3) is 10.1 Å². The lowest BCUT2D eigenvalue weighted by Crippen LogP contribution is -2.01. The van der Waals surface area contributed by atoms with Gasteiger partial charge in [-0.25, -0.2) is 0 Å². The molecule has 2 aromatic carbocycles. The monoisotopic (exact) mass is 406 g/mol. The van der Waals surface area contributed by atoms with Crippen molar-refractivity contribution in [1.82, 2.24) is 0 Å². The van der Waals surface area contributed by atoms with E-state index in [0.717, 1.165) is 24.8 Å². The molecular weight excluding hydrogens is 376 g/mol. The van der Waals surface area contributed by atoms with Crippen molar-refractivity contribution in [3.8, 4) is 17.2 Å². The maximum Gasteiger partial charge on any atom is 0.298 e. The molecule has 0 saturated heterocycles. The standard InChI is InChI=1S/C22H30O5S/c1-2-3-4-5-6-7-8-9-12-18-17-19(23)15-16-20(18)27-21-13-10-11-14-22(21)28(24,25)26/h10-11,13-17,23H,2-9,12H2,1H3,(H,24,25,26). The van der Waals surface area contributed by atoms with Crippen molar-refractivity contribution in [3.63, 3.8) is 0 Å². The van der Waals surface area contributed by atoms with E-state index in [0.29, 0.717) is 5.75 Å². The summed E-state index contributed by atoms with van der Waals surface area (Å²) < 4.78 is 38.3. The van der Waals surface area contributed by atoms with Gasteiger partial charge >= 0.3 is 0 Å². The van der Waals surface area contributed by atoms with Gasteiger partial charge in [-0.1, -0.05) is 64.0 Å². The predicted molar refractivity (Wildman–Crippen MR) is 111 cm³/mol.